The van der Waals surface area contributed by atoms with Crippen LogP contribution in [0.4, 0.5) is 0 Å². The fraction of sp³-hybridized carbons (Fsp3) is 0.444. The third kappa shape index (κ3) is 6.93. The summed E-state index contributed by atoms with van der Waals surface area (Å²) in [6.45, 7) is 9.03. The summed E-state index contributed by atoms with van der Waals surface area (Å²) >= 11 is 0. The predicted octanol–water partition coefficient (Wildman–Crippen LogP) is 3.35. The quantitative estimate of drug-likeness (QED) is 0.395. The number of aromatic nitrogens is 1. The van der Waals surface area contributed by atoms with Crippen molar-refractivity contribution in [2.45, 2.75) is 40.3 Å². The molecule has 1 atom stereocenters. The summed E-state index contributed by atoms with van der Waals surface area (Å²) in [5.41, 5.74) is 2.09. The molecule has 0 radical (unpaired) electrons. The van der Waals surface area contributed by atoms with E-state index in [0.29, 0.717) is 24.9 Å². The van der Waals surface area contributed by atoms with E-state index in [4.69, 9.17) is 9.15 Å². The zero-order valence-electron chi connectivity index (χ0n) is 15.4. The van der Waals surface area contributed by atoms with E-state index in [1.54, 1.807) is 7.05 Å². The lowest BCUT2D eigenvalue weighted by Gasteiger charge is -2.17. The molecule has 1 unspecified atom stereocenters. The van der Waals surface area contributed by atoms with Gasteiger partial charge in [0.05, 0.1) is 18.8 Å². The minimum atomic E-state index is 0. The Hall–Kier alpha value is -1.77. The number of benzene rings is 1. The van der Waals surface area contributed by atoms with Crippen molar-refractivity contribution in [2.24, 2.45) is 4.99 Å². The van der Waals surface area contributed by atoms with Gasteiger partial charge in [0.25, 0.3) is 0 Å². The zero-order valence-corrected chi connectivity index (χ0v) is 17.8. The van der Waals surface area contributed by atoms with Crippen LogP contribution in [0.25, 0.3) is 0 Å². The molecule has 1 aromatic carbocycles. The highest BCUT2D eigenvalue weighted by Gasteiger charge is 2.08. The fourth-order valence-corrected chi connectivity index (χ4v) is 2.20. The Labute approximate surface area is 166 Å². The summed E-state index contributed by atoms with van der Waals surface area (Å²) in [4.78, 5) is 8.53. The maximum Gasteiger partial charge on any atom is 0.214 e. The Bertz CT molecular complexity index is 681. The van der Waals surface area contributed by atoms with E-state index in [2.05, 4.69) is 20.6 Å². The van der Waals surface area contributed by atoms with Gasteiger partial charge in [0.1, 0.15) is 17.6 Å². The smallest absolute Gasteiger partial charge is 0.214 e. The number of ether oxygens (including phenoxy) is 1. The Morgan fingerprint density at radius 1 is 1.28 bits per heavy atom. The molecule has 0 spiro atoms. The van der Waals surface area contributed by atoms with Crippen LogP contribution in [0.5, 0.6) is 5.75 Å². The van der Waals surface area contributed by atoms with Crippen molar-refractivity contribution in [1.82, 2.24) is 15.6 Å². The van der Waals surface area contributed by atoms with E-state index < -0.39 is 0 Å². The van der Waals surface area contributed by atoms with Crippen molar-refractivity contribution in [1.29, 1.82) is 0 Å². The first-order valence-electron chi connectivity index (χ1n) is 8.08. The number of aryl methyl sites for hydroxylation is 3. The zero-order chi connectivity index (χ0) is 17.5. The van der Waals surface area contributed by atoms with Crippen molar-refractivity contribution in [3.8, 4) is 5.75 Å². The number of halogens is 1. The summed E-state index contributed by atoms with van der Waals surface area (Å²) in [7, 11) is 1.73. The van der Waals surface area contributed by atoms with Gasteiger partial charge in [-0.25, -0.2) is 4.98 Å². The van der Waals surface area contributed by atoms with Crippen LogP contribution in [0.15, 0.2) is 33.7 Å². The molecule has 1 heterocycles. The molecule has 0 saturated heterocycles. The van der Waals surface area contributed by atoms with Gasteiger partial charge in [0.15, 0.2) is 5.96 Å². The van der Waals surface area contributed by atoms with Crippen LogP contribution in [-0.4, -0.2) is 30.6 Å². The van der Waals surface area contributed by atoms with Gasteiger partial charge in [-0.05, 0) is 45.4 Å². The average molecular weight is 458 g/mol. The SMILES string of the molecule is CN=C(NCc1nc(C)c(C)o1)NCC(C)Oc1cccc(C)c1.I. The Morgan fingerprint density at radius 3 is 2.64 bits per heavy atom. The first kappa shape index (κ1) is 21.3. The van der Waals surface area contributed by atoms with E-state index in [1.165, 1.54) is 5.56 Å². The summed E-state index contributed by atoms with van der Waals surface area (Å²) in [5.74, 6) is 3.05. The number of nitrogens with one attached hydrogen (secondary N) is 2. The largest absolute Gasteiger partial charge is 0.489 e. The molecular weight excluding hydrogens is 431 g/mol. The summed E-state index contributed by atoms with van der Waals surface area (Å²) in [6.07, 6.45) is 0.0107. The number of hydrogen-bond acceptors (Lipinski definition) is 4. The monoisotopic (exact) mass is 458 g/mol. The normalized spacial score (nSPS) is 12.3. The van der Waals surface area contributed by atoms with Crippen LogP contribution in [0.2, 0.25) is 0 Å². The molecule has 25 heavy (non-hydrogen) atoms. The summed E-state index contributed by atoms with van der Waals surface area (Å²) < 4.78 is 11.4. The molecular formula is C18H27IN4O2. The molecule has 0 amide bonds. The number of hydrogen-bond donors (Lipinski definition) is 2. The molecule has 1 aromatic heterocycles. The Morgan fingerprint density at radius 2 is 2.04 bits per heavy atom. The molecule has 2 aromatic rings. The topological polar surface area (TPSA) is 71.7 Å². The van der Waals surface area contributed by atoms with Gasteiger partial charge in [0.2, 0.25) is 5.89 Å². The van der Waals surface area contributed by atoms with Crippen molar-refractivity contribution >= 4 is 29.9 Å². The molecule has 6 nitrogen and oxygen atoms in total. The van der Waals surface area contributed by atoms with E-state index >= 15 is 0 Å². The van der Waals surface area contributed by atoms with Gasteiger partial charge < -0.3 is 19.8 Å². The van der Waals surface area contributed by atoms with Gasteiger partial charge in [-0.2, -0.15) is 0 Å². The van der Waals surface area contributed by atoms with E-state index in [1.807, 2.05) is 52.0 Å². The van der Waals surface area contributed by atoms with Gasteiger partial charge in [-0.1, -0.05) is 12.1 Å². The fourth-order valence-electron chi connectivity index (χ4n) is 2.20. The van der Waals surface area contributed by atoms with E-state index in [-0.39, 0.29) is 30.1 Å². The predicted molar refractivity (Wildman–Crippen MR) is 111 cm³/mol. The second-order valence-corrected chi connectivity index (χ2v) is 5.80. The third-order valence-corrected chi connectivity index (χ3v) is 3.59. The van der Waals surface area contributed by atoms with Crippen molar-refractivity contribution in [3.05, 3.63) is 47.2 Å². The molecule has 7 heteroatoms. The molecule has 2 rings (SSSR count). The van der Waals surface area contributed by atoms with Crippen molar-refractivity contribution in [2.75, 3.05) is 13.6 Å². The lowest BCUT2D eigenvalue weighted by molar-refractivity contribution is 0.223. The maximum atomic E-state index is 5.90. The van der Waals surface area contributed by atoms with E-state index in [0.717, 1.165) is 17.2 Å². The van der Waals surface area contributed by atoms with Gasteiger partial charge in [0, 0.05) is 7.05 Å². The highest BCUT2D eigenvalue weighted by Crippen LogP contribution is 2.13. The van der Waals surface area contributed by atoms with Crippen LogP contribution in [-0.2, 0) is 6.54 Å². The number of oxazole rings is 1. The highest BCUT2D eigenvalue weighted by molar-refractivity contribution is 14.0. The van der Waals surface area contributed by atoms with Gasteiger partial charge in [-0.15, -0.1) is 24.0 Å². The molecule has 0 fully saturated rings. The first-order chi connectivity index (χ1) is 11.5. The van der Waals surface area contributed by atoms with Gasteiger partial charge in [-0.3, -0.25) is 4.99 Å². The molecule has 2 N–H and O–H groups in total. The van der Waals surface area contributed by atoms with E-state index in [9.17, 15) is 0 Å². The number of nitrogens with zero attached hydrogens (tertiary/aromatic N) is 2. The van der Waals surface area contributed by atoms with Crippen LogP contribution >= 0.6 is 24.0 Å². The summed E-state index contributed by atoms with van der Waals surface area (Å²) in [6, 6.07) is 8.03. The number of rotatable bonds is 6. The Balaban J connectivity index is 0.00000312. The van der Waals surface area contributed by atoms with Crippen LogP contribution in [0.3, 0.4) is 0 Å². The van der Waals surface area contributed by atoms with Gasteiger partial charge >= 0.3 is 0 Å². The molecule has 0 saturated carbocycles. The lowest BCUT2D eigenvalue weighted by Crippen LogP contribution is -2.41. The van der Waals surface area contributed by atoms with Crippen LogP contribution in [0, 0.1) is 20.8 Å². The first-order valence-corrected chi connectivity index (χ1v) is 8.08. The number of guanidine groups is 1. The van der Waals surface area contributed by atoms with Crippen molar-refractivity contribution in [3.63, 3.8) is 0 Å². The second kappa shape index (κ2) is 10.3. The average Bonchev–Trinajstić information content (AvgIpc) is 2.86. The highest BCUT2D eigenvalue weighted by atomic mass is 127. The molecule has 0 aliphatic carbocycles. The van der Waals surface area contributed by atoms with Crippen LogP contribution in [0.1, 0.15) is 29.8 Å². The van der Waals surface area contributed by atoms with Crippen molar-refractivity contribution < 1.29 is 9.15 Å². The maximum absolute atomic E-state index is 5.90. The lowest BCUT2D eigenvalue weighted by atomic mass is 10.2. The standard InChI is InChI=1S/C18H26N4O2.HI/c1-12-7-6-8-16(9-12)23-13(2)10-20-18(19-5)21-11-17-22-14(3)15(4)24-17;/h6-9,13H,10-11H2,1-5H3,(H2,19,20,21);1H. The number of aliphatic imine (C=N–C) groups is 1. The second-order valence-electron chi connectivity index (χ2n) is 5.80. The Kier molecular flexibility index (Phi) is 8.74. The molecule has 0 bridgehead atoms. The minimum absolute atomic E-state index is 0. The van der Waals surface area contributed by atoms with Crippen LogP contribution < -0.4 is 15.4 Å². The molecule has 0 aliphatic heterocycles. The molecule has 138 valence electrons. The molecule has 0 aliphatic rings. The third-order valence-electron chi connectivity index (χ3n) is 3.59. The summed E-state index contributed by atoms with van der Waals surface area (Å²) in [5, 5.41) is 6.42. The minimum Gasteiger partial charge on any atom is -0.489 e.